The topological polar surface area (TPSA) is 55.8 Å². The van der Waals surface area contributed by atoms with Crippen LogP contribution < -0.4 is 5.32 Å². The van der Waals surface area contributed by atoms with Crippen LogP contribution in [0.15, 0.2) is 42.5 Å². The van der Waals surface area contributed by atoms with Crippen molar-refractivity contribution in [3.8, 4) is 5.75 Å². The summed E-state index contributed by atoms with van der Waals surface area (Å²) in [4.78, 5) is 17.3. The molecule has 1 aliphatic rings. The quantitative estimate of drug-likeness (QED) is 0.824. The Morgan fingerprint density at radius 2 is 1.63 bits per heavy atom. The van der Waals surface area contributed by atoms with Crippen LogP contribution in [0.25, 0.3) is 0 Å². The summed E-state index contributed by atoms with van der Waals surface area (Å²) < 4.78 is 0. The second-order valence-corrected chi connectivity index (χ2v) is 7.18. The standard InChI is InChI=1S/C22H29N3O2/c1-3-24-11-13-25(14-12-24)16-19-9-7-18(8-10-19)15-23-22(27)20-6-4-5-17(2)21(20)26/h4-10,26H,3,11-16H2,1-2H3,(H,23,27). The molecule has 0 spiro atoms. The minimum absolute atomic E-state index is 0.0496. The summed E-state index contributed by atoms with van der Waals surface area (Å²) in [5.74, 6) is -0.206. The summed E-state index contributed by atoms with van der Waals surface area (Å²) in [7, 11) is 0. The highest BCUT2D eigenvalue weighted by molar-refractivity contribution is 5.97. The molecule has 27 heavy (non-hydrogen) atoms. The lowest BCUT2D eigenvalue weighted by Crippen LogP contribution is -2.45. The fourth-order valence-corrected chi connectivity index (χ4v) is 3.40. The molecule has 0 unspecified atom stereocenters. The molecule has 0 aromatic heterocycles. The van der Waals surface area contributed by atoms with E-state index in [0.29, 0.717) is 17.7 Å². The van der Waals surface area contributed by atoms with Crippen molar-refractivity contribution in [2.24, 2.45) is 0 Å². The van der Waals surface area contributed by atoms with Crippen molar-refractivity contribution in [3.05, 3.63) is 64.7 Å². The third-order valence-electron chi connectivity index (χ3n) is 5.28. The Hall–Kier alpha value is -2.37. The van der Waals surface area contributed by atoms with E-state index in [4.69, 9.17) is 0 Å². The van der Waals surface area contributed by atoms with E-state index in [9.17, 15) is 9.90 Å². The summed E-state index contributed by atoms with van der Waals surface area (Å²) in [6.07, 6.45) is 0. The van der Waals surface area contributed by atoms with Gasteiger partial charge in [0.15, 0.2) is 0 Å². The highest BCUT2D eigenvalue weighted by atomic mass is 16.3. The van der Waals surface area contributed by atoms with E-state index in [1.807, 2.05) is 0 Å². The number of carbonyl (C=O) groups is 1. The predicted octanol–water partition coefficient (Wildman–Crippen LogP) is 2.77. The van der Waals surface area contributed by atoms with E-state index in [-0.39, 0.29) is 11.7 Å². The summed E-state index contributed by atoms with van der Waals surface area (Å²) in [6, 6.07) is 13.6. The highest BCUT2D eigenvalue weighted by Gasteiger charge is 2.15. The number of benzene rings is 2. The molecule has 1 saturated heterocycles. The number of aryl methyl sites for hydroxylation is 1. The third-order valence-corrected chi connectivity index (χ3v) is 5.28. The van der Waals surface area contributed by atoms with Crippen LogP contribution in [-0.2, 0) is 13.1 Å². The number of likely N-dealkylation sites (N-methyl/N-ethyl adjacent to an activating group) is 1. The van der Waals surface area contributed by atoms with Crippen molar-refractivity contribution in [2.75, 3.05) is 32.7 Å². The van der Waals surface area contributed by atoms with E-state index >= 15 is 0 Å². The van der Waals surface area contributed by atoms with E-state index in [1.165, 1.54) is 5.56 Å². The molecule has 5 heteroatoms. The molecule has 2 N–H and O–H groups in total. The Morgan fingerprint density at radius 1 is 1.00 bits per heavy atom. The average Bonchev–Trinajstić information content (AvgIpc) is 2.70. The summed E-state index contributed by atoms with van der Waals surface area (Å²) in [6.45, 7) is 11.1. The lowest BCUT2D eigenvalue weighted by molar-refractivity contribution is 0.0948. The number of para-hydroxylation sites is 1. The van der Waals surface area contributed by atoms with Crippen molar-refractivity contribution in [2.45, 2.75) is 26.9 Å². The average molecular weight is 367 g/mol. The molecule has 1 heterocycles. The van der Waals surface area contributed by atoms with E-state index in [2.05, 4.69) is 46.3 Å². The minimum atomic E-state index is -0.255. The van der Waals surface area contributed by atoms with Crippen LogP contribution in [0.5, 0.6) is 5.75 Å². The maximum absolute atomic E-state index is 12.3. The molecule has 2 aromatic rings. The van der Waals surface area contributed by atoms with Gasteiger partial charge in [-0.2, -0.15) is 0 Å². The van der Waals surface area contributed by atoms with Crippen molar-refractivity contribution < 1.29 is 9.90 Å². The Labute approximate surface area is 161 Å². The van der Waals surface area contributed by atoms with Gasteiger partial charge in [-0.25, -0.2) is 0 Å². The number of phenolic OH excluding ortho intramolecular Hbond substituents is 1. The van der Waals surface area contributed by atoms with Gasteiger partial charge in [0.05, 0.1) is 5.56 Å². The van der Waals surface area contributed by atoms with Gasteiger partial charge in [0.1, 0.15) is 5.75 Å². The SMILES string of the molecule is CCN1CCN(Cc2ccc(CNC(=O)c3cccc(C)c3O)cc2)CC1. The lowest BCUT2D eigenvalue weighted by atomic mass is 10.1. The number of piperazine rings is 1. The number of phenols is 1. The van der Waals surface area contributed by atoms with Gasteiger partial charge in [-0.05, 0) is 36.2 Å². The molecular weight excluding hydrogens is 338 g/mol. The summed E-state index contributed by atoms with van der Waals surface area (Å²) in [5.41, 5.74) is 3.37. The molecule has 0 saturated carbocycles. The van der Waals surface area contributed by atoms with Crippen LogP contribution in [0.2, 0.25) is 0 Å². The molecule has 0 atom stereocenters. The zero-order valence-corrected chi connectivity index (χ0v) is 16.2. The van der Waals surface area contributed by atoms with Crippen molar-refractivity contribution in [3.63, 3.8) is 0 Å². The smallest absolute Gasteiger partial charge is 0.255 e. The van der Waals surface area contributed by atoms with Crippen LogP contribution >= 0.6 is 0 Å². The fraction of sp³-hybridized carbons (Fsp3) is 0.409. The molecule has 2 aromatic carbocycles. The fourth-order valence-electron chi connectivity index (χ4n) is 3.40. The highest BCUT2D eigenvalue weighted by Crippen LogP contribution is 2.21. The zero-order valence-electron chi connectivity index (χ0n) is 16.2. The molecule has 1 aliphatic heterocycles. The van der Waals surface area contributed by atoms with E-state index in [1.54, 1.807) is 25.1 Å². The Kier molecular flexibility index (Phi) is 6.48. The maximum atomic E-state index is 12.3. The molecule has 1 fully saturated rings. The number of nitrogens with zero attached hydrogens (tertiary/aromatic N) is 2. The Morgan fingerprint density at radius 3 is 2.30 bits per heavy atom. The second kappa shape index (κ2) is 9.02. The summed E-state index contributed by atoms with van der Waals surface area (Å²) >= 11 is 0. The second-order valence-electron chi connectivity index (χ2n) is 7.18. The molecule has 5 nitrogen and oxygen atoms in total. The largest absolute Gasteiger partial charge is 0.507 e. The number of hydrogen-bond donors (Lipinski definition) is 2. The van der Waals surface area contributed by atoms with Gasteiger partial charge in [0, 0.05) is 39.3 Å². The first-order chi connectivity index (χ1) is 13.1. The van der Waals surface area contributed by atoms with Crippen LogP contribution in [0.1, 0.15) is 34.0 Å². The number of nitrogens with one attached hydrogen (secondary N) is 1. The molecule has 3 rings (SSSR count). The van der Waals surface area contributed by atoms with Gasteiger partial charge in [-0.15, -0.1) is 0 Å². The minimum Gasteiger partial charge on any atom is -0.507 e. The number of rotatable bonds is 6. The van der Waals surface area contributed by atoms with Crippen LogP contribution in [0, 0.1) is 6.92 Å². The van der Waals surface area contributed by atoms with Gasteiger partial charge < -0.3 is 15.3 Å². The first-order valence-electron chi connectivity index (χ1n) is 9.66. The Balaban J connectivity index is 1.50. The van der Waals surface area contributed by atoms with Crippen LogP contribution in [-0.4, -0.2) is 53.5 Å². The van der Waals surface area contributed by atoms with Gasteiger partial charge in [-0.3, -0.25) is 9.69 Å². The van der Waals surface area contributed by atoms with E-state index < -0.39 is 0 Å². The van der Waals surface area contributed by atoms with Gasteiger partial charge in [-0.1, -0.05) is 43.3 Å². The van der Waals surface area contributed by atoms with Crippen molar-refractivity contribution in [1.29, 1.82) is 0 Å². The lowest BCUT2D eigenvalue weighted by Gasteiger charge is -2.34. The number of aromatic hydroxyl groups is 1. The molecule has 1 amide bonds. The van der Waals surface area contributed by atoms with Crippen LogP contribution in [0.3, 0.4) is 0 Å². The molecule has 0 bridgehead atoms. The first-order valence-corrected chi connectivity index (χ1v) is 9.66. The monoisotopic (exact) mass is 367 g/mol. The number of amides is 1. The Bertz CT molecular complexity index is 766. The molecule has 0 radical (unpaired) electrons. The van der Waals surface area contributed by atoms with Crippen molar-refractivity contribution >= 4 is 5.91 Å². The number of hydrogen-bond acceptors (Lipinski definition) is 4. The maximum Gasteiger partial charge on any atom is 0.255 e. The van der Waals surface area contributed by atoms with Crippen molar-refractivity contribution in [1.82, 2.24) is 15.1 Å². The molecular formula is C22H29N3O2. The van der Waals surface area contributed by atoms with Gasteiger partial charge in [0.25, 0.3) is 5.91 Å². The van der Waals surface area contributed by atoms with Gasteiger partial charge >= 0.3 is 0 Å². The zero-order chi connectivity index (χ0) is 19.2. The van der Waals surface area contributed by atoms with Gasteiger partial charge in [0.2, 0.25) is 0 Å². The summed E-state index contributed by atoms with van der Waals surface area (Å²) in [5, 5.41) is 12.9. The first kappa shape index (κ1) is 19.4. The normalized spacial score (nSPS) is 15.6. The van der Waals surface area contributed by atoms with Crippen LogP contribution in [0.4, 0.5) is 0 Å². The number of carbonyl (C=O) groups excluding carboxylic acids is 1. The molecule has 144 valence electrons. The third kappa shape index (κ3) is 5.08. The molecule has 0 aliphatic carbocycles. The predicted molar refractivity (Wildman–Crippen MR) is 108 cm³/mol. The van der Waals surface area contributed by atoms with E-state index in [0.717, 1.165) is 44.8 Å².